The van der Waals surface area contributed by atoms with Crippen LogP contribution in [0.4, 0.5) is 14.3 Å². The third-order valence-corrected chi connectivity index (χ3v) is 5.54. The number of rotatable bonds is 7. The van der Waals surface area contributed by atoms with Gasteiger partial charge < -0.3 is 10.2 Å². The summed E-state index contributed by atoms with van der Waals surface area (Å²) >= 11 is 1.32. The number of hydrogen-bond acceptors (Lipinski definition) is 5. The van der Waals surface area contributed by atoms with Crippen molar-refractivity contribution in [2.75, 3.05) is 25.5 Å². The molecule has 0 atom stereocenters. The number of carbonyl (C=O) groups is 3. The molecule has 0 aliphatic carbocycles. The Bertz CT molecular complexity index is 914. The molecule has 7 nitrogen and oxygen atoms in total. The zero-order valence-electron chi connectivity index (χ0n) is 15.7. The second-order valence-corrected chi connectivity index (χ2v) is 7.72. The average Bonchev–Trinajstić information content (AvgIpc) is 3.10. The second-order valence-electron chi connectivity index (χ2n) is 6.63. The molecule has 0 unspecified atom stereocenters. The number of carbonyl (C=O) groups excluding carboxylic acids is 3. The van der Waals surface area contributed by atoms with Gasteiger partial charge in [-0.05, 0) is 25.0 Å². The van der Waals surface area contributed by atoms with Crippen molar-refractivity contribution in [2.24, 2.45) is 0 Å². The molecule has 1 aliphatic rings. The minimum absolute atomic E-state index is 0.0776. The van der Waals surface area contributed by atoms with E-state index in [-0.39, 0.29) is 43.2 Å². The Morgan fingerprint density at radius 3 is 2.75 bits per heavy atom. The fraction of sp³-hybridized carbons (Fsp3) is 0.368. The van der Waals surface area contributed by atoms with Crippen LogP contribution in [0, 0.1) is 12.7 Å². The lowest BCUT2D eigenvalue weighted by Gasteiger charge is -2.13. The molecule has 1 aromatic carbocycles. The summed E-state index contributed by atoms with van der Waals surface area (Å²) in [7, 11) is 1.57. The molecule has 0 spiro atoms. The van der Waals surface area contributed by atoms with Crippen molar-refractivity contribution in [1.82, 2.24) is 14.8 Å². The molecule has 148 valence electrons. The van der Waals surface area contributed by atoms with Gasteiger partial charge in [-0.1, -0.05) is 18.2 Å². The maximum absolute atomic E-state index is 13.8. The molecule has 1 saturated heterocycles. The highest BCUT2D eigenvalue weighted by molar-refractivity contribution is 7.15. The van der Waals surface area contributed by atoms with Gasteiger partial charge >= 0.3 is 6.03 Å². The summed E-state index contributed by atoms with van der Waals surface area (Å²) < 4.78 is 13.8. The van der Waals surface area contributed by atoms with Gasteiger partial charge in [0.1, 0.15) is 12.4 Å². The van der Waals surface area contributed by atoms with Crippen LogP contribution in [0.5, 0.6) is 0 Å². The molecule has 4 amide bonds. The molecule has 0 saturated carbocycles. The quantitative estimate of drug-likeness (QED) is 0.720. The molecule has 0 radical (unpaired) electrons. The third kappa shape index (κ3) is 4.53. The lowest BCUT2D eigenvalue weighted by Crippen LogP contribution is -2.32. The molecule has 2 aromatic rings. The summed E-state index contributed by atoms with van der Waals surface area (Å²) in [6, 6.07) is 6.24. The Morgan fingerprint density at radius 1 is 1.32 bits per heavy atom. The van der Waals surface area contributed by atoms with E-state index in [1.807, 2.05) is 6.92 Å². The van der Waals surface area contributed by atoms with E-state index >= 15 is 0 Å². The van der Waals surface area contributed by atoms with E-state index in [4.69, 9.17) is 0 Å². The number of imide groups is 1. The van der Waals surface area contributed by atoms with Crippen molar-refractivity contribution in [2.45, 2.75) is 26.2 Å². The number of amides is 4. The summed E-state index contributed by atoms with van der Waals surface area (Å²) in [5.74, 6) is -0.752. The van der Waals surface area contributed by atoms with E-state index in [1.54, 1.807) is 25.2 Å². The Hall–Kier alpha value is -2.81. The predicted molar refractivity (Wildman–Crippen MR) is 104 cm³/mol. The Balaban J connectivity index is 1.51. The van der Waals surface area contributed by atoms with Crippen molar-refractivity contribution in [3.05, 3.63) is 46.2 Å². The zero-order valence-corrected chi connectivity index (χ0v) is 16.5. The molecule has 0 bridgehead atoms. The van der Waals surface area contributed by atoms with Crippen LogP contribution in [0.3, 0.4) is 0 Å². The molecule has 28 heavy (non-hydrogen) atoms. The zero-order chi connectivity index (χ0) is 20.3. The lowest BCUT2D eigenvalue weighted by atomic mass is 10.1. The SMILES string of the molecule is Cc1nc(NC(=O)CCCN2C(=O)CN(C)C2=O)sc1Cc1ccccc1F. The summed E-state index contributed by atoms with van der Waals surface area (Å²) in [4.78, 5) is 43.4. The summed E-state index contributed by atoms with van der Waals surface area (Å²) in [5.41, 5.74) is 1.33. The number of nitrogens with zero attached hydrogens (tertiary/aromatic N) is 3. The van der Waals surface area contributed by atoms with Crippen LogP contribution in [0.25, 0.3) is 0 Å². The van der Waals surface area contributed by atoms with E-state index in [9.17, 15) is 18.8 Å². The Morgan fingerprint density at radius 2 is 2.07 bits per heavy atom. The molecule has 1 fully saturated rings. The van der Waals surface area contributed by atoms with E-state index in [0.717, 1.165) is 15.5 Å². The first-order chi connectivity index (χ1) is 13.3. The van der Waals surface area contributed by atoms with Gasteiger partial charge in [0.05, 0.1) is 5.69 Å². The van der Waals surface area contributed by atoms with Crippen molar-refractivity contribution in [3.63, 3.8) is 0 Å². The Labute approximate surface area is 166 Å². The number of aromatic nitrogens is 1. The van der Waals surface area contributed by atoms with E-state index in [2.05, 4.69) is 10.3 Å². The van der Waals surface area contributed by atoms with E-state index < -0.39 is 0 Å². The number of nitrogens with one attached hydrogen (secondary N) is 1. The summed E-state index contributed by atoms with van der Waals surface area (Å²) in [5, 5.41) is 3.20. The minimum atomic E-state index is -0.334. The van der Waals surface area contributed by atoms with Gasteiger partial charge in [-0.25, -0.2) is 14.2 Å². The highest BCUT2D eigenvalue weighted by atomic mass is 32.1. The summed E-state index contributed by atoms with van der Waals surface area (Å²) in [6.45, 7) is 2.11. The molecular weight excluding hydrogens is 383 g/mol. The van der Waals surface area contributed by atoms with Crippen LogP contribution < -0.4 is 5.32 Å². The normalized spacial score (nSPS) is 14.1. The highest BCUT2D eigenvalue weighted by Gasteiger charge is 2.32. The van der Waals surface area contributed by atoms with Gasteiger partial charge in [0.2, 0.25) is 11.8 Å². The first kappa shape index (κ1) is 19.9. The summed E-state index contributed by atoms with van der Waals surface area (Å²) in [6.07, 6.45) is 0.963. The largest absolute Gasteiger partial charge is 0.326 e. The van der Waals surface area contributed by atoms with Gasteiger partial charge in [0, 0.05) is 31.3 Å². The van der Waals surface area contributed by atoms with Crippen LogP contribution in [-0.4, -0.2) is 52.8 Å². The monoisotopic (exact) mass is 404 g/mol. The van der Waals surface area contributed by atoms with Gasteiger partial charge in [0.15, 0.2) is 5.13 Å². The third-order valence-electron chi connectivity index (χ3n) is 4.46. The van der Waals surface area contributed by atoms with Crippen LogP contribution in [0.1, 0.15) is 29.0 Å². The van der Waals surface area contributed by atoms with Crippen LogP contribution in [0.15, 0.2) is 24.3 Å². The van der Waals surface area contributed by atoms with Crippen molar-refractivity contribution >= 4 is 34.3 Å². The van der Waals surface area contributed by atoms with Gasteiger partial charge in [-0.3, -0.25) is 14.5 Å². The fourth-order valence-electron chi connectivity index (χ4n) is 2.93. The van der Waals surface area contributed by atoms with Crippen LogP contribution >= 0.6 is 11.3 Å². The predicted octanol–water partition coefficient (Wildman–Crippen LogP) is 2.79. The van der Waals surface area contributed by atoms with Crippen LogP contribution in [-0.2, 0) is 16.0 Å². The minimum Gasteiger partial charge on any atom is -0.318 e. The molecule has 9 heteroatoms. The number of thiazole rings is 1. The number of hydrogen-bond donors (Lipinski definition) is 1. The van der Waals surface area contributed by atoms with E-state index in [1.165, 1.54) is 22.3 Å². The Kier molecular flexibility index (Phi) is 6.03. The number of benzene rings is 1. The van der Waals surface area contributed by atoms with Gasteiger partial charge in [0.25, 0.3) is 0 Å². The van der Waals surface area contributed by atoms with E-state index in [0.29, 0.717) is 23.5 Å². The highest BCUT2D eigenvalue weighted by Crippen LogP contribution is 2.26. The maximum Gasteiger partial charge on any atom is 0.326 e. The molecular formula is C19H21FN4O3S. The van der Waals surface area contributed by atoms with Crippen molar-refractivity contribution in [3.8, 4) is 0 Å². The van der Waals surface area contributed by atoms with Gasteiger partial charge in [-0.2, -0.15) is 0 Å². The van der Waals surface area contributed by atoms with Crippen molar-refractivity contribution in [1.29, 1.82) is 0 Å². The number of urea groups is 1. The second kappa shape index (κ2) is 8.47. The van der Waals surface area contributed by atoms with Crippen LogP contribution in [0.2, 0.25) is 0 Å². The molecule has 1 aliphatic heterocycles. The smallest absolute Gasteiger partial charge is 0.318 e. The molecule has 3 rings (SSSR count). The number of halogens is 1. The molecule has 1 aromatic heterocycles. The van der Waals surface area contributed by atoms with Crippen molar-refractivity contribution < 1.29 is 18.8 Å². The maximum atomic E-state index is 13.8. The fourth-order valence-corrected chi connectivity index (χ4v) is 3.93. The first-order valence-corrected chi connectivity index (χ1v) is 9.72. The number of likely N-dealkylation sites (N-methyl/N-ethyl adjacent to an activating group) is 1. The lowest BCUT2D eigenvalue weighted by molar-refractivity contribution is -0.125. The standard InChI is InChI=1S/C19H21FN4O3S/c1-12-15(10-13-6-3-4-7-14(13)20)28-18(21-12)22-16(25)8-5-9-24-17(26)11-23(2)19(24)27/h3-4,6-7H,5,8-11H2,1-2H3,(H,21,22,25). The average molecular weight is 404 g/mol. The topological polar surface area (TPSA) is 82.6 Å². The number of aryl methyl sites for hydroxylation is 1. The first-order valence-electron chi connectivity index (χ1n) is 8.90. The molecule has 1 N–H and O–H groups in total. The number of anilines is 1. The molecule has 2 heterocycles. The van der Waals surface area contributed by atoms with Gasteiger partial charge in [-0.15, -0.1) is 11.3 Å².